The lowest BCUT2D eigenvalue weighted by Gasteiger charge is -2.27. The van der Waals surface area contributed by atoms with Crippen molar-refractivity contribution >= 4 is 10.2 Å². The van der Waals surface area contributed by atoms with E-state index in [0.717, 1.165) is 45.2 Å². The number of rotatable bonds is 11. The minimum Gasteiger partial charge on any atom is -0.317 e. The molecule has 0 aromatic rings. The van der Waals surface area contributed by atoms with E-state index < -0.39 is 10.2 Å². The molecule has 1 N–H and O–H groups in total. The molecule has 1 fully saturated rings. The van der Waals surface area contributed by atoms with Crippen molar-refractivity contribution in [2.45, 2.75) is 52.0 Å². The first-order valence-electron chi connectivity index (χ1n) is 7.47. The highest BCUT2D eigenvalue weighted by atomic mass is 32.2. The average molecular weight is 291 g/mol. The smallest absolute Gasteiger partial charge is 0.281 e. The van der Waals surface area contributed by atoms with E-state index in [-0.39, 0.29) is 6.04 Å². The maximum atomic E-state index is 12.5. The highest BCUT2D eigenvalue weighted by Gasteiger charge is 2.38. The summed E-state index contributed by atoms with van der Waals surface area (Å²) in [6, 6.07) is 0.257. The lowest BCUT2D eigenvalue weighted by atomic mass is 10.3. The van der Waals surface area contributed by atoms with Crippen LogP contribution >= 0.6 is 0 Å². The molecule has 0 aliphatic heterocycles. The van der Waals surface area contributed by atoms with Gasteiger partial charge in [-0.1, -0.05) is 20.3 Å². The van der Waals surface area contributed by atoms with E-state index in [0.29, 0.717) is 13.1 Å². The molecule has 0 amide bonds. The van der Waals surface area contributed by atoms with Crippen LogP contribution in [0.2, 0.25) is 0 Å². The van der Waals surface area contributed by atoms with Crippen LogP contribution in [0.25, 0.3) is 0 Å². The zero-order valence-electron chi connectivity index (χ0n) is 12.6. The summed E-state index contributed by atoms with van der Waals surface area (Å²) in [6.07, 6.45) is 4.88. The minimum absolute atomic E-state index is 0.257. The molecule has 6 heteroatoms. The van der Waals surface area contributed by atoms with Crippen molar-refractivity contribution in [1.29, 1.82) is 0 Å². The van der Waals surface area contributed by atoms with Crippen molar-refractivity contribution in [2.75, 3.05) is 33.2 Å². The molecule has 1 rings (SSSR count). The Kier molecular flexibility index (Phi) is 7.28. The Balaban J connectivity index is 2.49. The summed E-state index contributed by atoms with van der Waals surface area (Å²) in [5.41, 5.74) is 0. The summed E-state index contributed by atoms with van der Waals surface area (Å²) < 4.78 is 28.3. The largest absolute Gasteiger partial charge is 0.317 e. The molecule has 0 spiro atoms. The van der Waals surface area contributed by atoms with E-state index in [1.165, 1.54) is 4.31 Å². The van der Waals surface area contributed by atoms with Gasteiger partial charge in [0, 0.05) is 26.2 Å². The maximum Gasteiger partial charge on any atom is 0.281 e. The highest BCUT2D eigenvalue weighted by molar-refractivity contribution is 7.86. The molecule has 0 aromatic heterocycles. The molecule has 5 nitrogen and oxygen atoms in total. The van der Waals surface area contributed by atoms with E-state index in [1.54, 1.807) is 11.4 Å². The highest BCUT2D eigenvalue weighted by Crippen LogP contribution is 2.30. The van der Waals surface area contributed by atoms with Crippen LogP contribution in [0, 0.1) is 0 Å². The van der Waals surface area contributed by atoms with Crippen LogP contribution in [0.15, 0.2) is 0 Å². The zero-order chi connectivity index (χ0) is 14.3. The van der Waals surface area contributed by atoms with Gasteiger partial charge in [-0.25, -0.2) is 0 Å². The molecule has 0 saturated heterocycles. The number of hydrogen-bond acceptors (Lipinski definition) is 3. The lowest BCUT2D eigenvalue weighted by Crippen LogP contribution is -2.44. The first kappa shape index (κ1) is 16.9. The molecule has 0 heterocycles. The summed E-state index contributed by atoms with van der Waals surface area (Å²) in [6.45, 7) is 7.21. The Morgan fingerprint density at radius 2 is 1.84 bits per heavy atom. The van der Waals surface area contributed by atoms with Crippen molar-refractivity contribution in [1.82, 2.24) is 13.9 Å². The van der Waals surface area contributed by atoms with Crippen LogP contribution in [-0.4, -0.2) is 56.3 Å². The zero-order valence-corrected chi connectivity index (χ0v) is 13.4. The predicted molar refractivity (Wildman–Crippen MR) is 79.3 cm³/mol. The Morgan fingerprint density at radius 3 is 2.37 bits per heavy atom. The summed E-state index contributed by atoms with van der Waals surface area (Å²) in [7, 11) is -1.56. The molecule has 0 radical (unpaired) electrons. The molecule has 114 valence electrons. The SMILES string of the molecule is CCCCN(C1CC1)S(=O)(=O)N(C)CCCNCC. The fraction of sp³-hybridized carbons (Fsp3) is 1.00. The van der Waals surface area contributed by atoms with Crippen LogP contribution in [0.3, 0.4) is 0 Å². The van der Waals surface area contributed by atoms with E-state index in [4.69, 9.17) is 0 Å². The van der Waals surface area contributed by atoms with Crippen molar-refractivity contribution in [2.24, 2.45) is 0 Å². The molecule has 0 bridgehead atoms. The van der Waals surface area contributed by atoms with E-state index in [2.05, 4.69) is 19.2 Å². The normalized spacial score (nSPS) is 16.5. The summed E-state index contributed by atoms with van der Waals surface area (Å²) in [4.78, 5) is 0. The number of nitrogens with one attached hydrogen (secondary N) is 1. The standard InChI is InChI=1S/C13H29N3O2S/c1-4-6-12-16(13-8-9-13)19(17,18)15(3)11-7-10-14-5-2/h13-14H,4-12H2,1-3H3. The molecule has 0 unspecified atom stereocenters. The predicted octanol–water partition coefficient (Wildman–Crippen LogP) is 1.43. The molecular weight excluding hydrogens is 262 g/mol. The number of hydrogen-bond donors (Lipinski definition) is 1. The van der Waals surface area contributed by atoms with E-state index >= 15 is 0 Å². The molecule has 1 saturated carbocycles. The molecular formula is C13H29N3O2S. The van der Waals surface area contributed by atoms with Gasteiger partial charge in [-0.05, 0) is 38.8 Å². The van der Waals surface area contributed by atoms with Gasteiger partial charge in [-0.3, -0.25) is 0 Å². The van der Waals surface area contributed by atoms with Crippen LogP contribution in [0.1, 0.15) is 46.0 Å². The fourth-order valence-electron chi connectivity index (χ4n) is 2.06. The second kappa shape index (κ2) is 8.19. The minimum atomic E-state index is -3.26. The molecule has 1 aliphatic carbocycles. The molecule has 19 heavy (non-hydrogen) atoms. The van der Waals surface area contributed by atoms with E-state index in [1.807, 2.05) is 0 Å². The third-order valence-corrected chi connectivity index (χ3v) is 5.50. The topological polar surface area (TPSA) is 52.7 Å². The quantitative estimate of drug-likeness (QED) is 0.586. The average Bonchev–Trinajstić information content (AvgIpc) is 3.19. The van der Waals surface area contributed by atoms with Crippen LogP contribution in [0.5, 0.6) is 0 Å². The van der Waals surface area contributed by atoms with Crippen molar-refractivity contribution in [3.63, 3.8) is 0 Å². The third kappa shape index (κ3) is 5.38. The monoisotopic (exact) mass is 291 g/mol. The molecule has 0 aromatic carbocycles. The summed E-state index contributed by atoms with van der Waals surface area (Å²) >= 11 is 0. The summed E-state index contributed by atoms with van der Waals surface area (Å²) in [5.74, 6) is 0. The van der Waals surface area contributed by atoms with Gasteiger partial charge in [-0.2, -0.15) is 17.0 Å². The van der Waals surface area contributed by atoms with E-state index in [9.17, 15) is 8.42 Å². The van der Waals surface area contributed by atoms with Gasteiger partial charge >= 0.3 is 0 Å². The Bertz CT molecular complexity index is 342. The fourth-order valence-corrected chi connectivity index (χ4v) is 3.73. The summed E-state index contributed by atoms with van der Waals surface area (Å²) in [5, 5.41) is 3.22. The van der Waals surface area contributed by atoms with Crippen molar-refractivity contribution in [3.8, 4) is 0 Å². The Labute approximate surface area is 118 Å². The van der Waals surface area contributed by atoms with Gasteiger partial charge in [0.05, 0.1) is 0 Å². The van der Waals surface area contributed by atoms with Gasteiger partial charge in [0.1, 0.15) is 0 Å². The Hall–Kier alpha value is -0.170. The first-order chi connectivity index (χ1) is 9.04. The second-order valence-corrected chi connectivity index (χ2v) is 7.22. The molecule has 1 aliphatic rings. The van der Waals surface area contributed by atoms with Gasteiger partial charge in [-0.15, -0.1) is 0 Å². The molecule has 0 atom stereocenters. The van der Waals surface area contributed by atoms with Crippen molar-refractivity contribution < 1.29 is 8.42 Å². The third-order valence-electron chi connectivity index (χ3n) is 3.45. The van der Waals surface area contributed by atoms with Crippen molar-refractivity contribution in [3.05, 3.63) is 0 Å². The van der Waals surface area contributed by atoms with Crippen LogP contribution in [0.4, 0.5) is 0 Å². The number of nitrogens with zero attached hydrogens (tertiary/aromatic N) is 2. The number of unbranched alkanes of at least 4 members (excludes halogenated alkanes) is 1. The van der Waals surface area contributed by atoms with Gasteiger partial charge in [0.2, 0.25) is 0 Å². The van der Waals surface area contributed by atoms with Crippen LogP contribution < -0.4 is 5.32 Å². The van der Waals surface area contributed by atoms with Gasteiger partial charge < -0.3 is 5.32 Å². The lowest BCUT2D eigenvalue weighted by molar-refractivity contribution is 0.345. The first-order valence-corrected chi connectivity index (χ1v) is 8.87. The van der Waals surface area contributed by atoms with Crippen LogP contribution in [-0.2, 0) is 10.2 Å². The Morgan fingerprint density at radius 1 is 1.16 bits per heavy atom. The maximum absolute atomic E-state index is 12.5. The second-order valence-electron chi connectivity index (χ2n) is 5.23. The van der Waals surface area contributed by atoms with Gasteiger partial charge in [0.25, 0.3) is 10.2 Å². The van der Waals surface area contributed by atoms with Gasteiger partial charge in [0.15, 0.2) is 0 Å².